The molecule has 2 atom stereocenters. The van der Waals surface area contributed by atoms with Crippen molar-refractivity contribution in [3.8, 4) is 18.1 Å². The molecular formula is C12H12O2. The third-order valence-corrected chi connectivity index (χ3v) is 2.56. The lowest BCUT2D eigenvalue weighted by Crippen LogP contribution is -2.23. The minimum atomic E-state index is -0.708. The Bertz CT molecular complexity index is 365. The normalized spacial score (nSPS) is 21.6. The molecule has 0 aliphatic carbocycles. The number of para-hydroxylation sites is 1. The minimum absolute atomic E-state index is 0.0185. The SMILES string of the molecule is C#CC(O)C1CCOc2ccccc21. The lowest BCUT2D eigenvalue weighted by molar-refractivity contribution is 0.161. The third kappa shape index (κ3) is 1.47. The zero-order chi connectivity index (χ0) is 9.97. The summed E-state index contributed by atoms with van der Waals surface area (Å²) in [4.78, 5) is 0. The Morgan fingerprint density at radius 2 is 2.29 bits per heavy atom. The van der Waals surface area contributed by atoms with Crippen LogP contribution in [-0.4, -0.2) is 17.8 Å². The fraction of sp³-hybridized carbons (Fsp3) is 0.333. The smallest absolute Gasteiger partial charge is 0.122 e. The average molecular weight is 188 g/mol. The summed E-state index contributed by atoms with van der Waals surface area (Å²) in [6.45, 7) is 0.625. The first-order valence-corrected chi connectivity index (χ1v) is 4.69. The highest BCUT2D eigenvalue weighted by Crippen LogP contribution is 2.35. The molecule has 1 aromatic rings. The Kier molecular flexibility index (Phi) is 2.43. The van der Waals surface area contributed by atoms with Crippen molar-refractivity contribution in [1.29, 1.82) is 0 Å². The van der Waals surface area contributed by atoms with E-state index in [0.29, 0.717) is 6.61 Å². The van der Waals surface area contributed by atoms with Crippen molar-refractivity contribution >= 4 is 0 Å². The van der Waals surface area contributed by atoms with Gasteiger partial charge in [-0.1, -0.05) is 24.1 Å². The maximum absolute atomic E-state index is 9.64. The number of terminal acetylenes is 1. The molecule has 1 aliphatic heterocycles. The molecule has 2 nitrogen and oxygen atoms in total. The molecule has 1 N–H and O–H groups in total. The van der Waals surface area contributed by atoms with Gasteiger partial charge in [0.1, 0.15) is 11.9 Å². The lowest BCUT2D eigenvalue weighted by atomic mass is 9.89. The van der Waals surface area contributed by atoms with Gasteiger partial charge in [-0.15, -0.1) is 6.42 Å². The Balaban J connectivity index is 2.36. The molecule has 0 saturated heterocycles. The van der Waals surface area contributed by atoms with Crippen molar-refractivity contribution in [2.45, 2.75) is 18.4 Å². The summed E-state index contributed by atoms with van der Waals surface area (Å²) in [5.74, 6) is 3.24. The van der Waals surface area contributed by atoms with Gasteiger partial charge in [0.15, 0.2) is 0 Å². The first-order chi connectivity index (χ1) is 6.83. The van der Waals surface area contributed by atoms with Crippen LogP contribution in [0.25, 0.3) is 0 Å². The summed E-state index contributed by atoms with van der Waals surface area (Å²) in [7, 11) is 0. The van der Waals surface area contributed by atoms with E-state index in [1.807, 2.05) is 24.3 Å². The monoisotopic (exact) mass is 188 g/mol. The molecule has 1 aliphatic rings. The summed E-state index contributed by atoms with van der Waals surface area (Å²) in [5, 5.41) is 9.64. The second kappa shape index (κ2) is 3.73. The van der Waals surface area contributed by atoms with Crippen molar-refractivity contribution in [3.05, 3.63) is 29.8 Å². The quantitative estimate of drug-likeness (QED) is 0.677. The maximum Gasteiger partial charge on any atom is 0.122 e. The van der Waals surface area contributed by atoms with E-state index in [1.54, 1.807) is 0 Å². The van der Waals surface area contributed by atoms with E-state index in [0.717, 1.165) is 17.7 Å². The van der Waals surface area contributed by atoms with E-state index in [2.05, 4.69) is 5.92 Å². The first kappa shape index (κ1) is 9.11. The second-order valence-electron chi connectivity index (χ2n) is 3.39. The highest BCUT2D eigenvalue weighted by atomic mass is 16.5. The third-order valence-electron chi connectivity index (χ3n) is 2.56. The largest absolute Gasteiger partial charge is 0.493 e. The van der Waals surface area contributed by atoms with Crippen LogP contribution in [0.5, 0.6) is 5.75 Å². The standard InChI is InChI=1S/C12H12O2/c1-2-11(13)9-7-8-14-12-6-4-3-5-10(9)12/h1,3-6,9,11,13H,7-8H2. The summed E-state index contributed by atoms with van der Waals surface area (Å²) in [6, 6.07) is 7.72. The van der Waals surface area contributed by atoms with Crippen molar-refractivity contribution < 1.29 is 9.84 Å². The molecule has 14 heavy (non-hydrogen) atoms. The van der Waals surface area contributed by atoms with Crippen LogP contribution in [0.2, 0.25) is 0 Å². The summed E-state index contributed by atoms with van der Waals surface area (Å²) >= 11 is 0. The van der Waals surface area contributed by atoms with Crippen LogP contribution in [0.4, 0.5) is 0 Å². The van der Waals surface area contributed by atoms with Gasteiger partial charge >= 0.3 is 0 Å². The van der Waals surface area contributed by atoms with Crippen molar-refractivity contribution in [1.82, 2.24) is 0 Å². The highest BCUT2D eigenvalue weighted by Gasteiger charge is 2.25. The molecule has 1 aromatic carbocycles. The average Bonchev–Trinajstić information content (AvgIpc) is 2.27. The van der Waals surface area contributed by atoms with Gasteiger partial charge in [0.2, 0.25) is 0 Å². The minimum Gasteiger partial charge on any atom is -0.493 e. The van der Waals surface area contributed by atoms with Crippen LogP contribution in [0.15, 0.2) is 24.3 Å². The van der Waals surface area contributed by atoms with E-state index in [4.69, 9.17) is 11.2 Å². The molecule has 2 rings (SSSR count). The fourth-order valence-electron chi connectivity index (χ4n) is 1.81. The van der Waals surface area contributed by atoms with E-state index < -0.39 is 6.10 Å². The Hall–Kier alpha value is -1.46. The Morgan fingerprint density at radius 1 is 1.50 bits per heavy atom. The topological polar surface area (TPSA) is 29.5 Å². The van der Waals surface area contributed by atoms with E-state index in [9.17, 15) is 5.11 Å². The molecule has 0 spiro atoms. The van der Waals surface area contributed by atoms with E-state index in [-0.39, 0.29) is 5.92 Å². The number of hydrogen-bond donors (Lipinski definition) is 1. The van der Waals surface area contributed by atoms with Crippen LogP contribution >= 0.6 is 0 Å². The van der Waals surface area contributed by atoms with Gasteiger partial charge in [-0.3, -0.25) is 0 Å². The number of aliphatic hydroxyl groups is 1. The van der Waals surface area contributed by atoms with Crippen LogP contribution < -0.4 is 4.74 Å². The van der Waals surface area contributed by atoms with Gasteiger partial charge in [0, 0.05) is 11.5 Å². The molecule has 0 aromatic heterocycles. The molecule has 0 bridgehead atoms. The zero-order valence-electron chi connectivity index (χ0n) is 7.81. The zero-order valence-corrected chi connectivity index (χ0v) is 7.81. The molecule has 2 heteroatoms. The second-order valence-corrected chi connectivity index (χ2v) is 3.39. The highest BCUT2D eigenvalue weighted by molar-refractivity contribution is 5.39. The molecule has 2 unspecified atom stereocenters. The molecule has 0 amide bonds. The number of ether oxygens (including phenoxy) is 1. The lowest BCUT2D eigenvalue weighted by Gasteiger charge is -2.27. The predicted molar refractivity (Wildman–Crippen MR) is 54.1 cm³/mol. The Morgan fingerprint density at radius 3 is 3.07 bits per heavy atom. The van der Waals surface area contributed by atoms with Gasteiger partial charge in [0.25, 0.3) is 0 Å². The fourth-order valence-corrected chi connectivity index (χ4v) is 1.81. The predicted octanol–water partition coefficient (Wildman–Crippen LogP) is 1.55. The van der Waals surface area contributed by atoms with E-state index >= 15 is 0 Å². The number of rotatable bonds is 1. The van der Waals surface area contributed by atoms with E-state index in [1.165, 1.54) is 0 Å². The summed E-state index contributed by atoms with van der Waals surface area (Å²) < 4.78 is 5.47. The molecule has 0 saturated carbocycles. The van der Waals surface area contributed by atoms with Crippen LogP contribution in [0.1, 0.15) is 17.9 Å². The summed E-state index contributed by atoms with van der Waals surface area (Å²) in [5.41, 5.74) is 1.02. The molecule has 72 valence electrons. The molecule has 0 radical (unpaired) electrons. The van der Waals surface area contributed by atoms with Crippen molar-refractivity contribution in [2.75, 3.05) is 6.61 Å². The number of hydrogen-bond acceptors (Lipinski definition) is 2. The van der Waals surface area contributed by atoms with Gasteiger partial charge in [0.05, 0.1) is 6.61 Å². The molecule has 0 fully saturated rings. The van der Waals surface area contributed by atoms with Crippen LogP contribution in [-0.2, 0) is 0 Å². The number of benzene rings is 1. The maximum atomic E-state index is 9.64. The van der Waals surface area contributed by atoms with Crippen molar-refractivity contribution in [3.63, 3.8) is 0 Å². The van der Waals surface area contributed by atoms with Gasteiger partial charge in [-0.25, -0.2) is 0 Å². The molecule has 1 heterocycles. The molecular weight excluding hydrogens is 176 g/mol. The number of fused-ring (bicyclic) bond motifs is 1. The summed E-state index contributed by atoms with van der Waals surface area (Å²) in [6.07, 6.45) is 5.29. The van der Waals surface area contributed by atoms with Crippen LogP contribution in [0.3, 0.4) is 0 Å². The van der Waals surface area contributed by atoms with Gasteiger partial charge < -0.3 is 9.84 Å². The number of aliphatic hydroxyl groups excluding tert-OH is 1. The first-order valence-electron chi connectivity index (χ1n) is 4.69. The van der Waals surface area contributed by atoms with Crippen LogP contribution in [0, 0.1) is 12.3 Å². The van der Waals surface area contributed by atoms with Crippen molar-refractivity contribution in [2.24, 2.45) is 0 Å². The van der Waals surface area contributed by atoms with Gasteiger partial charge in [-0.05, 0) is 12.5 Å². The Labute approximate surface area is 83.5 Å². The van der Waals surface area contributed by atoms with Gasteiger partial charge in [-0.2, -0.15) is 0 Å².